The first-order valence-electron chi connectivity index (χ1n) is 8.19. The van der Waals surface area contributed by atoms with Crippen LogP contribution in [0.15, 0.2) is 28.7 Å². The summed E-state index contributed by atoms with van der Waals surface area (Å²) in [6, 6.07) is 8.78. The highest BCUT2D eigenvalue weighted by Crippen LogP contribution is 2.26. The van der Waals surface area contributed by atoms with E-state index in [1.807, 2.05) is 24.3 Å². The fraction of sp³-hybridized carbons (Fsp3) is 0.588. The third-order valence-electron chi connectivity index (χ3n) is 5.00. The second-order valence-corrected chi connectivity index (χ2v) is 6.39. The molecule has 0 amide bonds. The number of rotatable bonds is 3. The minimum atomic E-state index is 0.775. The molecule has 1 aromatic heterocycles. The van der Waals surface area contributed by atoms with Gasteiger partial charge in [-0.1, -0.05) is 12.1 Å². The third kappa shape index (κ3) is 2.83. The maximum atomic E-state index is 5.83. The summed E-state index contributed by atoms with van der Waals surface area (Å²) in [6.07, 6.45) is 5.33. The van der Waals surface area contributed by atoms with Crippen LogP contribution in [0.3, 0.4) is 0 Å². The molecule has 0 bridgehead atoms. The van der Waals surface area contributed by atoms with E-state index in [1.165, 1.54) is 45.3 Å². The van der Waals surface area contributed by atoms with Crippen molar-refractivity contribution in [2.24, 2.45) is 5.92 Å². The summed E-state index contributed by atoms with van der Waals surface area (Å²) in [5, 5.41) is 3.66. The van der Waals surface area contributed by atoms with Gasteiger partial charge in [0.2, 0.25) is 5.89 Å². The van der Waals surface area contributed by atoms with Gasteiger partial charge < -0.3 is 9.73 Å². The van der Waals surface area contributed by atoms with Gasteiger partial charge in [-0.05, 0) is 63.4 Å². The van der Waals surface area contributed by atoms with Crippen molar-refractivity contribution in [1.29, 1.82) is 0 Å². The first kappa shape index (κ1) is 13.3. The van der Waals surface area contributed by atoms with E-state index in [4.69, 9.17) is 4.42 Å². The predicted octanol–water partition coefficient (Wildman–Crippen LogP) is 2.79. The highest BCUT2D eigenvalue weighted by molar-refractivity contribution is 5.72. The number of aromatic nitrogens is 1. The number of piperidine rings is 1. The number of fused-ring (bicyclic) bond motifs is 1. The molecule has 0 aliphatic carbocycles. The van der Waals surface area contributed by atoms with E-state index in [0.717, 1.165) is 35.5 Å². The van der Waals surface area contributed by atoms with Gasteiger partial charge in [-0.25, -0.2) is 4.98 Å². The molecule has 1 atom stereocenters. The topological polar surface area (TPSA) is 41.3 Å². The van der Waals surface area contributed by atoms with Crippen LogP contribution >= 0.6 is 0 Å². The Balaban J connectivity index is 1.35. The van der Waals surface area contributed by atoms with Crippen molar-refractivity contribution in [2.45, 2.75) is 38.3 Å². The number of oxazole rings is 1. The second kappa shape index (κ2) is 5.78. The van der Waals surface area contributed by atoms with E-state index < -0.39 is 0 Å². The van der Waals surface area contributed by atoms with E-state index in [0.29, 0.717) is 0 Å². The Labute approximate surface area is 125 Å². The Morgan fingerprint density at radius 1 is 1.19 bits per heavy atom. The molecule has 1 aromatic carbocycles. The van der Waals surface area contributed by atoms with Crippen LogP contribution in [0, 0.1) is 5.92 Å². The van der Waals surface area contributed by atoms with E-state index >= 15 is 0 Å². The average molecular weight is 285 g/mol. The van der Waals surface area contributed by atoms with E-state index in [-0.39, 0.29) is 0 Å². The van der Waals surface area contributed by atoms with Crippen LogP contribution in [0.2, 0.25) is 0 Å². The molecule has 3 heterocycles. The van der Waals surface area contributed by atoms with Crippen LogP contribution in [0.5, 0.6) is 0 Å². The number of hydrogen-bond donors (Lipinski definition) is 1. The molecule has 1 unspecified atom stereocenters. The zero-order valence-corrected chi connectivity index (χ0v) is 12.4. The molecule has 2 fully saturated rings. The standard InChI is InChI=1S/C17H23N3O/c1-2-6-16-15(4-1)19-17(21-16)12-20-10-7-13(8-11-20)14-5-3-9-18-14/h1-2,4,6,13-14,18H,3,5,7-12H2. The second-order valence-electron chi connectivity index (χ2n) is 6.39. The molecular formula is C17H23N3O. The van der Waals surface area contributed by atoms with Gasteiger partial charge in [-0.15, -0.1) is 0 Å². The first-order valence-corrected chi connectivity index (χ1v) is 8.19. The number of benzene rings is 1. The SMILES string of the molecule is c1ccc2oc(CN3CCC(C4CCCN4)CC3)nc2c1. The number of likely N-dealkylation sites (tertiary alicyclic amines) is 1. The monoisotopic (exact) mass is 285 g/mol. The zero-order chi connectivity index (χ0) is 14.1. The van der Waals surface area contributed by atoms with Crippen LogP contribution in [0.4, 0.5) is 0 Å². The Hall–Kier alpha value is -1.39. The summed E-state index contributed by atoms with van der Waals surface area (Å²) < 4.78 is 5.83. The van der Waals surface area contributed by atoms with E-state index in [9.17, 15) is 0 Å². The summed E-state index contributed by atoms with van der Waals surface area (Å²) in [5.74, 6) is 1.72. The Morgan fingerprint density at radius 3 is 2.81 bits per heavy atom. The lowest BCUT2D eigenvalue weighted by Gasteiger charge is -2.34. The van der Waals surface area contributed by atoms with Crippen molar-refractivity contribution in [3.05, 3.63) is 30.2 Å². The summed E-state index contributed by atoms with van der Waals surface area (Å²) in [7, 11) is 0. The molecule has 0 spiro atoms. The zero-order valence-electron chi connectivity index (χ0n) is 12.4. The summed E-state index contributed by atoms with van der Waals surface area (Å²) in [4.78, 5) is 7.06. The third-order valence-corrected chi connectivity index (χ3v) is 5.00. The van der Waals surface area contributed by atoms with Crippen LogP contribution in [-0.4, -0.2) is 35.6 Å². The van der Waals surface area contributed by atoms with Crippen molar-refractivity contribution < 1.29 is 4.42 Å². The molecule has 1 N–H and O–H groups in total. The molecule has 2 aromatic rings. The number of nitrogens with zero attached hydrogens (tertiary/aromatic N) is 2. The van der Waals surface area contributed by atoms with Crippen molar-refractivity contribution >= 4 is 11.1 Å². The van der Waals surface area contributed by atoms with Crippen LogP contribution in [-0.2, 0) is 6.54 Å². The molecule has 4 heteroatoms. The minimum absolute atomic E-state index is 0.775. The number of nitrogens with one attached hydrogen (secondary N) is 1. The molecule has 112 valence electrons. The lowest BCUT2D eigenvalue weighted by Crippen LogP contribution is -2.40. The smallest absolute Gasteiger partial charge is 0.209 e. The van der Waals surface area contributed by atoms with Crippen LogP contribution in [0.1, 0.15) is 31.6 Å². The average Bonchev–Trinajstić information content (AvgIpc) is 3.17. The molecule has 2 saturated heterocycles. The quantitative estimate of drug-likeness (QED) is 0.941. The van der Waals surface area contributed by atoms with Gasteiger partial charge in [0.1, 0.15) is 5.52 Å². The highest BCUT2D eigenvalue weighted by Gasteiger charge is 2.28. The number of para-hydroxylation sites is 2. The van der Waals surface area contributed by atoms with Gasteiger partial charge in [-0.3, -0.25) is 4.90 Å². The van der Waals surface area contributed by atoms with E-state index in [2.05, 4.69) is 15.2 Å². The van der Waals surface area contributed by atoms with Crippen molar-refractivity contribution in [2.75, 3.05) is 19.6 Å². The molecule has 21 heavy (non-hydrogen) atoms. The fourth-order valence-corrected chi connectivity index (χ4v) is 3.81. The normalized spacial score (nSPS) is 24.9. The number of hydrogen-bond acceptors (Lipinski definition) is 4. The summed E-state index contributed by atoms with van der Waals surface area (Å²) in [6.45, 7) is 4.40. The highest BCUT2D eigenvalue weighted by atomic mass is 16.3. The van der Waals surface area contributed by atoms with Gasteiger partial charge in [0, 0.05) is 6.04 Å². The van der Waals surface area contributed by atoms with Crippen LogP contribution in [0.25, 0.3) is 11.1 Å². The minimum Gasteiger partial charge on any atom is -0.439 e. The maximum Gasteiger partial charge on any atom is 0.209 e. The molecule has 4 nitrogen and oxygen atoms in total. The molecule has 0 radical (unpaired) electrons. The van der Waals surface area contributed by atoms with Gasteiger partial charge >= 0.3 is 0 Å². The van der Waals surface area contributed by atoms with Crippen LogP contribution < -0.4 is 5.32 Å². The van der Waals surface area contributed by atoms with E-state index in [1.54, 1.807) is 0 Å². The van der Waals surface area contributed by atoms with Gasteiger partial charge in [-0.2, -0.15) is 0 Å². The molecule has 4 rings (SSSR count). The lowest BCUT2D eigenvalue weighted by molar-refractivity contribution is 0.147. The fourth-order valence-electron chi connectivity index (χ4n) is 3.81. The lowest BCUT2D eigenvalue weighted by atomic mass is 9.88. The summed E-state index contributed by atoms with van der Waals surface area (Å²) in [5.41, 5.74) is 1.87. The predicted molar refractivity (Wildman–Crippen MR) is 83.0 cm³/mol. The van der Waals surface area contributed by atoms with Crippen molar-refractivity contribution in [1.82, 2.24) is 15.2 Å². The van der Waals surface area contributed by atoms with Gasteiger partial charge in [0.05, 0.1) is 6.54 Å². The molecule has 2 aliphatic rings. The van der Waals surface area contributed by atoms with Gasteiger partial charge in [0.15, 0.2) is 5.58 Å². The largest absolute Gasteiger partial charge is 0.439 e. The van der Waals surface area contributed by atoms with Crippen molar-refractivity contribution in [3.8, 4) is 0 Å². The molecule has 2 aliphatic heterocycles. The van der Waals surface area contributed by atoms with Gasteiger partial charge in [0.25, 0.3) is 0 Å². The Bertz CT molecular complexity index is 562. The first-order chi connectivity index (χ1) is 10.4. The molecular weight excluding hydrogens is 262 g/mol. The Morgan fingerprint density at radius 2 is 2.05 bits per heavy atom. The molecule has 0 saturated carbocycles. The van der Waals surface area contributed by atoms with Crippen molar-refractivity contribution in [3.63, 3.8) is 0 Å². The Kier molecular flexibility index (Phi) is 3.65. The maximum absolute atomic E-state index is 5.83. The summed E-state index contributed by atoms with van der Waals surface area (Å²) >= 11 is 0.